The highest BCUT2D eigenvalue weighted by atomic mass is 19.1. The molecule has 4 N–H and O–H groups in total. The van der Waals surface area contributed by atoms with Crippen molar-refractivity contribution < 1.29 is 23.4 Å². The molecule has 9 nitrogen and oxygen atoms in total. The monoisotopic (exact) mass is 480 g/mol. The minimum Gasteiger partial charge on any atom is -0.504 e. The Morgan fingerprint density at radius 2 is 1.80 bits per heavy atom. The van der Waals surface area contributed by atoms with Crippen molar-refractivity contribution in [1.82, 2.24) is 14.5 Å². The van der Waals surface area contributed by atoms with Gasteiger partial charge in [0.2, 0.25) is 11.6 Å². The molecule has 4 rings (SSSR count). The summed E-state index contributed by atoms with van der Waals surface area (Å²) in [5.41, 5.74) is 5.98. The number of aromatic hydroxyl groups is 1. The highest BCUT2D eigenvalue weighted by molar-refractivity contribution is 5.95. The summed E-state index contributed by atoms with van der Waals surface area (Å²) in [5.74, 6) is -3.26. The smallest absolute Gasteiger partial charge is 0.261 e. The number of ether oxygens (including phenoxy) is 2. The van der Waals surface area contributed by atoms with Crippen LogP contribution in [0.5, 0.6) is 29.0 Å². The molecule has 0 spiro atoms. The zero-order valence-corrected chi connectivity index (χ0v) is 19.1. The third-order valence-corrected chi connectivity index (χ3v) is 5.05. The van der Waals surface area contributed by atoms with Crippen LogP contribution in [0.3, 0.4) is 0 Å². The number of nitrogens with zero attached hydrogens (tertiary/aromatic N) is 4. The van der Waals surface area contributed by atoms with Gasteiger partial charge >= 0.3 is 0 Å². The third-order valence-electron chi connectivity index (χ3n) is 5.05. The van der Waals surface area contributed by atoms with E-state index in [9.17, 15) is 5.11 Å². The quantitative estimate of drug-likeness (QED) is 0.265. The first-order valence-electron chi connectivity index (χ1n) is 10.3. The van der Waals surface area contributed by atoms with E-state index in [4.69, 9.17) is 20.6 Å². The summed E-state index contributed by atoms with van der Waals surface area (Å²) in [6.07, 6.45) is 3.43. The van der Waals surface area contributed by atoms with Gasteiger partial charge in [-0.05, 0) is 30.3 Å². The van der Waals surface area contributed by atoms with Crippen molar-refractivity contribution in [3.05, 3.63) is 72.1 Å². The largest absolute Gasteiger partial charge is 0.504 e. The standard InChI is InChI=1S/C24H22F2N6O3/c1-31(2)20-18(25)23(34-15-6-4-5-14(11-15)22-29-9-10-32(22)3)30-24(19(20)26)35-17-12-13(21(27)28)7-8-16(17)33/h4-12,33H,1-3H3,(H3,27,28). The molecular weight excluding hydrogens is 458 g/mol. The van der Waals surface area contributed by atoms with E-state index in [2.05, 4.69) is 9.97 Å². The van der Waals surface area contributed by atoms with Crippen LogP contribution in [-0.2, 0) is 7.05 Å². The first-order valence-corrected chi connectivity index (χ1v) is 10.3. The predicted molar refractivity (Wildman–Crippen MR) is 126 cm³/mol. The summed E-state index contributed by atoms with van der Waals surface area (Å²) in [6.45, 7) is 0. The van der Waals surface area contributed by atoms with Crippen molar-refractivity contribution in [2.24, 2.45) is 12.8 Å². The Hall–Kier alpha value is -4.67. The van der Waals surface area contributed by atoms with E-state index >= 15 is 8.78 Å². The van der Waals surface area contributed by atoms with E-state index in [1.54, 1.807) is 30.6 Å². The molecular formula is C24H22F2N6O3. The number of nitrogens with two attached hydrogens (primary N) is 1. The first kappa shape index (κ1) is 23.5. The summed E-state index contributed by atoms with van der Waals surface area (Å²) in [5, 5.41) is 17.7. The van der Waals surface area contributed by atoms with Crippen LogP contribution in [0.25, 0.3) is 11.4 Å². The van der Waals surface area contributed by atoms with Crippen molar-refractivity contribution in [2.75, 3.05) is 19.0 Å². The Morgan fingerprint density at radius 3 is 2.43 bits per heavy atom. The van der Waals surface area contributed by atoms with E-state index in [1.165, 1.54) is 37.2 Å². The lowest BCUT2D eigenvalue weighted by Crippen LogP contribution is -2.15. The number of imidazole rings is 1. The summed E-state index contributed by atoms with van der Waals surface area (Å²) < 4.78 is 43.4. The molecule has 0 bridgehead atoms. The zero-order chi connectivity index (χ0) is 25.3. The molecule has 0 unspecified atom stereocenters. The Morgan fingerprint density at radius 1 is 1.09 bits per heavy atom. The van der Waals surface area contributed by atoms with Gasteiger partial charge in [-0.25, -0.2) is 4.98 Å². The lowest BCUT2D eigenvalue weighted by Gasteiger charge is -2.19. The number of anilines is 1. The van der Waals surface area contributed by atoms with E-state index < -0.39 is 29.1 Å². The molecule has 0 aliphatic rings. The molecule has 0 radical (unpaired) electrons. The molecule has 4 aromatic rings. The highest BCUT2D eigenvalue weighted by Gasteiger charge is 2.26. The van der Waals surface area contributed by atoms with Crippen molar-refractivity contribution in [2.45, 2.75) is 0 Å². The number of benzene rings is 2. The summed E-state index contributed by atoms with van der Waals surface area (Å²) in [4.78, 5) is 9.39. The maximum absolute atomic E-state index is 15.2. The van der Waals surface area contributed by atoms with Crippen molar-refractivity contribution in [3.8, 4) is 40.4 Å². The van der Waals surface area contributed by atoms with Gasteiger partial charge < -0.3 is 29.8 Å². The molecule has 35 heavy (non-hydrogen) atoms. The van der Waals surface area contributed by atoms with Gasteiger partial charge in [0.15, 0.2) is 11.5 Å². The van der Waals surface area contributed by atoms with Crippen LogP contribution in [0.2, 0.25) is 0 Å². The third kappa shape index (κ3) is 4.69. The van der Waals surface area contributed by atoms with E-state index in [0.29, 0.717) is 11.4 Å². The van der Waals surface area contributed by atoms with Gasteiger partial charge in [0.25, 0.3) is 11.8 Å². The number of nitrogens with one attached hydrogen (secondary N) is 1. The van der Waals surface area contributed by atoms with Crippen molar-refractivity contribution in [1.29, 1.82) is 5.41 Å². The summed E-state index contributed by atoms with van der Waals surface area (Å²) >= 11 is 0. The molecule has 0 aliphatic carbocycles. The van der Waals surface area contributed by atoms with Crippen LogP contribution in [-0.4, -0.2) is 39.6 Å². The second-order valence-electron chi connectivity index (χ2n) is 7.78. The van der Waals surface area contributed by atoms with Crippen molar-refractivity contribution in [3.63, 3.8) is 0 Å². The second-order valence-corrected chi connectivity index (χ2v) is 7.78. The lowest BCUT2D eigenvalue weighted by atomic mass is 10.2. The molecule has 2 heterocycles. The molecule has 0 aliphatic heterocycles. The molecule has 0 atom stereocenters. The van der Waals surface area contributed by atoms with Crippen LogP contribution in [0.1, 0.15) is 5.56 Å². The van der Waals surface area contributed by atoms with Gasteiger partial charge in [0.1, 0.15) is 23.1 Å². The fraction of sp³-hybridized carbons (Fsp3) is 0.125. The normalized spacial score (nSPS) is 10.8. The van der Waals surface area contributed by atoms with Crippen molar-refractivity contribution >= 4 is 11.5 Å². The first-order chi connectivity index (χ1) is 16.7. The van der Waals surface area contributed by atoms with Crippen LogP contribution >= 0.6 is 0 Å². The van der Waals surface area contributed by atoms with E-state index in [0.717, 1.165) is 0 Å². The number of phenols is 1. The van der Waals surface area contributed by atoms with E-state index in [1.807, 2.05) is 17.7 Å². The van der Waals surface area contributed by atoms with Crippen LogP contribution in [0.4, 0.5) is 14.5 Å². The number of pyridine rings is 1. The van der Waals surface area contributed by atoms with Gasteiger partial charge in [-0.1, -0.05) is 12.1 Å². The average molecular weight is 480 g/mol. The minimum absolute atomic E-state index is 0.219. The number of phenolic OH excluding ortho intramolecular Hbond substituents is 1. The molecule has 0 saturated carbocycles. The molecule has 180 valence electrons. The Kier molecular flexibility index (Phi) is 6.24. The zero-order valence-electron chi connectivity index (χ0n) is 19.1. The number of nitrogen functional groups attached to an aromatic ring is 1. The number of halogens is 2. The lowest BCUT2D eigenvalue weighted by molar-refractivity contribution is 0.362. The predicted octanol–water partition coefficient (Wildman–Crippen LogP) is 4.40. The van der Waals surface area contributed by atoms with Gasteiger partial charge in [-0.15, -0.1) is 0 Å². The maximum Gasteiger partial charge on any atom is 0.261 e. The molecule has 0 fully saturated rings. The van der Waals surface area contributed by atoms with Crippen LogP contribution < -0.4 is 20.1 Å². The average Bonchev–Trinajstić information content (AvgIpc) is 3.24. The second kappa shape index (κ2) is 9.29. The number of aryl methyl sites for hydroxylation is 1. The minimum atomic E-state index is -1.10. The number of aromatic nitrogens is 3. The number of hydrogen-bond donors (Lipinski definition) is 3. The Bertz CT molecular complexity index is 1420. The van der Waals surface area contributed by atoms with E-state index in [-0.39, 0.29) is 28.6 Å². The summed E-state index contributed by atoms with van der Waals surface area (Å²) in [7, 11) is 4.73. The molecule has 0 saturated heterocycles. The Balaban J connectivity index is 1.76. The van der Waals surface area contributed by atoms with Gasteiger partial charge in [-0.3, -0.25) is 5.41 Å². The van der Waals surface area contributed by atoms with Gasteiger partial charge in [0.05, 0.1) is 0 Å². The maximum atomic E-state index is 15.2. The van der Waals surface area contributed by atoms with Crippen LogP contribution in [0, 0.1) is 17.0 Å². The fourth-order valence-corrected chi connectivity index (χ4v) is 3.34. The Labute approximate surface area is 199 Å². The van der Waals surface area contributed by atoms with Crippen LogP contribution in [0.15, 0.2) is 54.9 Å². The summed E-state index contributed by atoms with van der Waals surface area (Å²) in [6, 6.07) is 10.6. The topological polar surface area (TPSA) is 123 Å². The fourth-order valence-electron chi connectivity index (χ4n) is 3.34. The number of amidine groups is 1. The van der Waals surface area contributed by atoms with Gasteiger partial charge in [-0.2, -0.15) is 13.8 Å². The molecule has 2 aromatic carbocycles. The highest BCUT2D eigenvalue weighted by Crippen LogP contribution is 2.39. The molecule has 2 aromatic heterocycles. The number of hydrogen-bond acceptors (Lipinski definition) is 7. The molecule has 0 amide bonds. The molecule has 11 heteroatoms. The van der Waals surface area contributed by atoms with Gasteiger partial charge in [0, 0.05) is 44.7 Å². The number of rotatable bonds is 7. The SMILES string of the molecule is CN(C)c1c(F)c(Oc2cccc(-c3nccn3C)c2)nc(Oc2cc(C(=N)N)ccc2O)c1F.